The van der Waals surface area contributed by atoms with E-state index < -0.39 is 0 Å². The molecule has 5 nitrogen and oxygen atoms in total. The summed E-state index contributed by atoms with van der Waals surface area (Å²) in [4.78, 5) is 12.3. The molecule has 148 valence electrons. The third-order valence-electron chi connectivity index (χ3n) is 6.28. The van der Waals surface area contributed by atoms with Crippen molar-refractivity contribution in [3.8, 4) is 11.5 Å². The van der Waals surface area contributed by atoms with Crippen LogP contribution >= 0.6 is 0 Å². The van der Waals surface area contributed by atoms with Gasteiger partial charge in [0.15, 0.2) is 11.5 Å². The van der Waals surface area contributed by atoms with Crippen LogP contribution in [0.25, 0.3) is 6.08 Å². The van der Waals surface area contributed by atoms with Gasteiger partial charge in [-0.05, 0) is 37.8 Å². The largest absolute Gasteiger partial charge is 0.493 e. The fourth-order valence-electron chi connectivity index (χ4n) is 4.87. The van der Waals surface area contributed by atoms with Crippen molar-refractivity contribution in [1.29, 1.82) is 0 Å². The Labute approximate surface area is 162 Å². The first-order valence-corrected chi connectivity index (χ1v) is 9.97. The first-order chi connectivity index (χ1) is 13.1. The molecule has 0 saturated carbocycles. The van der Waals surface area contributed by atoms with Gasteiger partial charge in [-0.1, -0.05) is 12.1 Å². The average molecular weight is 375 g/mol. The Balaban J connectivity index is 1.59. The first kappa shape index (κ1) is 19.7. The van der Waals surface area contributed by atoms with Crippen LogP contribution in [0.3, 0.4) is 0 Å². The minimum absolute atomic E-state index is 0.296. The minimum Gasteiger partial charge on any atom is -0.493 e. The molecule has 2 aliphatic heterocycles. The minimum atomic E-state index is -0.296. The van der Waals surface area contributed by atoms with Crippen molar-refractivity contribution < 1.29 is 23.5 Å². The summed E-state index contributed by atoms with van der Waals surface area (Å²) in [7, 11) is 5.57. The normalized spacial score (nSPS) is 27.8. The highest BCUT2D eigenvalue weighted by molar-refractivity contribution is 5.87. The fourth-order valence-corrected chi connectivity index (χ4v) is 4.87. The van der Waals surface area contributed by atoms with Crippen LogP contribution in [-0.2, 0) is 9.53 Å². The number of benzene rings is 1. The molecule has 0 bridgehead atoms. The number of esters is 1. The molecule has 5 heteroatoms. The molecule has 3 atom stereocenters. The van der Waals surface area contributed by atoms with Gasteiger partial charge in [-0.3, -0.25) is 0 Å². The second-order valence-electron chi connectivity index (χ2n) is 7.94. The predicted molar refractivity (Wildman–Crippen MR) is 106 cm³/mol. The summed E-state index contributed by atoms with van der Waals surface area (Å²) in [5.41, 5.74) is 0.794. The van der Waals surface area contributed by atoms with Crippen LogP contribution in [0.4, 0.5) is 0 Å². The van der Waals surface area contributed by atoms with E-state index in [4.69, 9.17) is 14.2 Å². The highest BCUT2D eigenvalue weighted by Crippen LogP contribution is 2.36. The van der Waals surface area contributed by atoms with Crippen molar-refractivity contribution >= 4 is 12.0 Å². The summed E-state index contributed by atoms with van der Waals surface area (Å²) in [5, 5.41) is 0. The third kappa shape index (κ3) is 4.46. The summed E-state index contributed by atoms with van der Waals surface area (Å²) < 4.78 is 17.5. The second kappa shape index (κ2) is 8.79. The zero-order valence-corrected chi connectivity index (χ0v) is 16.8. The maximum Gasteiger partial charge on any atom is 0.330 e. The van der Waals surface area contributed by atoms with Gasteiger partial charge in [-0.2, -0.15) is 0 Å². The Morgan fingerprint density at radius 1 is 1.15 bits per heavy atom. The molecule has 0 aromatic heterocycles. The van der Waals surface area contributed by atoms with Crippen LogP contribution in [0.15, 0.2) is 24.3 Å². The van der Waals surface area contributed by atoms with E-state index in [1.807, 2.05) is 18.2 Å². The number of quaternary nitrogens is 1. The van der Waals surface area contributed by atoms with Crippen LogP contribution in [0.1, 0.15) is 37.7 Å². The lowest BCUT2D eigenvalue weighted by Gasteiger charge is -2.51. The quantitative estimate of drug-likeness (QED) is 0.433. The molecule has 1 aromatic rings. The van der Waals surface area contributed by atoms with E-state index in [1.165, 1.54) is 55.8 Å². The van der Waals surface area contributed by atoms with Crippen molar-refractivity contribution in [1.82, 2.24) is 0 Å². The standard InChI is InChI=1S/C22H32NO4/c1-23-14-5-4-10-19(23)18(9-7-15-23)16-27-21(24)13-12-17-8-6-11-20(25-2)22(17)26-3/h6,8,11-13,18-19H,4-5,7,9-10,14-16H2,1-3H3/q+1. The first-order valence-electron chi connectivity index (χ1n) is 9.97. The van der Waals surface area contributed by atoms with Gasteiger partial charge in [0.1, 0.15) is 6.61 Å². The fraction of sp³-hybridized carbons (Fsp3) is 0.591. The van der Waals surface area contributed by atoms with Crippen molar-refractivity contribution in [2.45, 2.75) is 38.1 Å². The molecule has 2 saturated heterocycles. The Bertz CT molecular complexity index is 683. The Kier molecular flexibility index (Phi) is 6.42. The van der Waals surface area contributed by atoms with Crippen LogP contribution in [0, 0.1) is 5.92 Å². The third-order valence-corrected chi connectivity index (χ3v) is 6.28. The SMILES string of the molecule is COc1cccc(C=CC(=O)OCC2CCC[N+]3(C)CCCCC23)c1OC. The van der Waals surface area contributed by atoms with Crippen LogP contribution in [-0.4, -0.2) is 57.5 Å². The van der Waals surface area contributed by atoms with Gasteiger partial charge in [0.05, 0.1) is 40.4 Å². The number of piperidine rings is 2. The van der Waals surface area contributed by atoms with E-state index in [2.05, 4.69) is 7.05 Å². The smallest absolute Gasteiger partial charge is 0.330 e. The number of methoxy groups -OCH3 is 2. The predicted octanol–water partition coefficient (Wildman–Crippen LogP) is 3.67. The van der Waals surface area contributed by atoms with Crippen LogP contribution < -0.4 is 9.47 Å². The number of hydrogen-bond donors (Lipinski definition) is 0. The Morgan fingerprint density at radius 3 is 2.74 bits per heavy atom. The van der Waals surface area contributed by atoms with Gasteiger partial charge in [0.2, 0.25) is 0 Å². The Morgan fingerprint density at radius 2 is 1.96 bits per heavy atom. The maximum atomic E-state index is 12.3. The summed E-state index contributed by atoms with van der Waals surface area (Å²) in [5.74, 6) is 1.44. The van der Waals surface area contributed by atoms with Gasteiger partial charge in [0, 0.05) is 24.0 Å². The van der Waals surface area contributed by atoms with E-state index in [1.54, 1.807) is 20.3 Å². The molecule has 0 radical (unpaired) electrons. The second-order valence-corrected chi connectivity index (χ2v) is 7.94. The molecule has 0 spiro atoms. The van der Waals surface area contributed by atoms with Crippen LogP contribution in [0.5, 0.6) is 11.5 Å². The number of fused-ring (bicyclic) bond motifs is 1. The topological polar surface area (TPSA) is 44.8 Å². The van der Waals surface area contributed by atoms with E-state index >= 15 is 0 Å². The molecule has 0 aliphatic carbocycles. The summed E-state index contributed by atoms with van der Waals surface area (Å²) in [6.45, 7) is 3.06. The van der Waals surface area contributed by atoms with E-state index in [0.29, 0.717) is 30.1 Å². The Hall–Kier alpha value is -2.01. The van der Waals surface area contributed by atoms with Crippen molar-refractivity contribution in [2.24, 2.45) is 5.92 Å². The van der Waals surface area contributed by atoms with E-state index in [-0.39, 0.29) is 5.97 Å². The lowest BCUT2D eigenvalue weighted by molar-refractivity contribution is -0.947. The summed E-state index contributed by atoms with van der Waals surface area (Å²) in [6.07, 6.45) is 9.49. The lowest BCUT2D eigenvalue weighted by Crippen LogP contribution is -2.61. The summed E-state index contributed by atoms with van der Waals surface area (Å²) >= 11 is 0. The maximum absolute atomic E-state index is 12.3. The number of carbonyl (C=O) groups is 1. The summed E-state index contributed by atoms with van der Waals surface area (Å²) in [6, 6.07) is 6.23. The molecule has 0 amide bonds. The molecule has 3 unspecified atom stereocenters. The van der Waals surface area contributed by atoms with Crippen molar-refractivity contribution in [3.63, 3.8) is 0 Å². The van der Waals surface area contributed by atoms with Gasteiger partial charge in [-0.25, -0.2) is 4.79 Å². The van der Waals surface area contributed by atoms with Crippen molar-refractivity contribution in [3.05, 3.63) is 29.8 Å². The molecule has 1 aromatic carbocycles. The van der Waals surface area contributed by atoms with Gasteiger partial charge < -0.3 is 18.7 Å². The number of hydrogen-bond acceptors (Lipinski definition) is 4. The van der Waals surface area contributed by atoms with Gasteiger partial charge in [-0.15, -0.1) is 0 Å². The average Bonchev–Trinajstić information content (AvgIpc) is 2.69. The monoisotopic (exact) mass is 374 g/mol. The molecule has 3 rings (SSSR count). The molecule has 2 aliphatic rings. The number of rotatable bonds is 6. The highest BCUT2D eigenvalue weighted by atomic mass is 16.5. The lowest BCUT2D eigenvalue weighted by atomic mass is 9.82. The van der Waals surface area contributed by atoms with E-state index in [0.717, 1.165) is 5.56 Å². The van der Waals surface area contributed by atoms with E-state index in [9.17, 15) is 4.79 Å². The molecule has 2 heterocycles. The zero-order chi connectivity index (χ0) is 19.3. The van der Waals surface area contributed by atoms with Crippen molar-refractivity contribution in [2.75, 3.05) is 41.0 Å². The highest BCUT2D eigenvalue weighted by Gasteiger charge is 2.43. The number of ether oxygens (including phenoxy) is 3. The molecule has 0 N–H and O–H groups in total. The number of nitrogens with zero attached hydrogens (tertiary/aromatic N) is 1. The van der Waals surface area contributed by atoms with Crippen LogP contribution in [0.2, 0.25) is 0 Å². The molecule has 27 heavy (non-hydrogen) atoms. The molecule has 2 fully saturated rings. The number of para-hydroxylation sites is 1. The number of carbonyl (C=O) groups excluding carboxylic acids is 1. The van der Waals surface area contributed by atoms with Gasteiger partial charge >= 0.3 is 5.97 Å². The van der Waals surface area contributed by atoms with Gasteiger partial charge in [0.25, 0.3) is 0 Å². The molecular formula is C22H32NO4+. The zero-order valence-electron chi connectivity index (χ0n) is 16.8. The molecular weight excluding hydrogens is 342 g/mol.